The van der Waals surface area contributed by atoms with Gasteiger partial charge in [0.15, 0.2) is 0 Å². The zero-order valence-corrected chi connectivity index (χ0v) is 13.2. The van der Waals surface area contributed by atoms with Gasteiger partial charge in [-0.3, -0.25) is 4.79 Å². The second-order valence-corrected chi connectivity index (χ2v) is 3.94. The third-order valence-electron chi connectivity index (χ3n) is 1.40. The van der Waals surface area contributed by atoms with Crippen LogP contribution < -0.4 is 5.32 Å². The smallest absolute Gasteiger partial charge is 0.252 e. The second-order valence-electron chi connectivity index (χ2n) is 2.74. The molecule has 0 saturated heterocycles. The van der Waals surface area contributed by atoms with Gasteiger partial charge in [-0.2, -0.15) is 0 Å². The first-order valence-corrected chi connectivity index (χ1v) is 5.24. The molecule has 6 heteroatoms. The normalized spacial score (nSPS) is 7.81. The molecule has 0 unspecified atom stereocenters. The number of carbonyl (C=O) groups excluding carboxylic acids is 1. The minimum atomic E-state index is -0.425. The van der Waals surface area contributed by atoms with Gasteiger partial charge < -0.3 is 5.32 Å². The van der Waals surface area contributed by atoms with Gasteiger partial charge >= 0.3 is 0 Å². The van der Waals surface area contributed by atoms with Crippen molar-refractivity contribution in [2.75, 3.05) is 14.1 Å². The van der Waals surface area contributed by atoms with E-state index >= 15 is 0 Å². The van der Waals surface area contributed by atoms with Crippen molar-refractivity contribution < 1.29 is 4.79 Å². The van der Waals surface area contributed by atoms with Crippen LogP contribution >= 0.6 is 52.3 Å². The molecule has 0 aliphatic carbocycles. The lowest BCUT2D eigenvalue weighted by Crippen LogP contribution is -1.89. The van der Waals surface area contributed by atoms with Crippen LogP contribution in [0.1, 0.15) is 15.9 Å². The molecule has 0 heterocycles. The molecule has 1 N–H and O–H groups in total. The van der Waals surface area contributed by atoms with Crippen molar-refractivity contribution in [3.05, 3.63) is 33.8 Å². The van der Waals surface area contributed by atoms with E-state index in [4.69, 9.17) is 11.6 Å². The number of hydrogen-bond acceptors (Lipinski definition) is 2. The monoisotopic (exact) mass is 349 g/mol. The van der Waals surface area contributed by atoms with Gasteiger partial charge in [0.05, 0.1) is 0 Å². The Labute approximate surface area is 122 Å². The molecule has 16 heavy (non-hydrogen) atoms. The summed E-state index contributed by atoms with van der Waals surface area (Å²) in [4.78, 5) is 10.7. The first-order valence-electron chi connectivity index (χ1n) is 4.07. The van der Waals surface area contributed by atoms with E-state index in [2.05, 4.69) is 21.2 Å². The minimum Gasteiger partial charge on any atom is -0.323 e. The Morgan fingerprint density at radius 3 is 2.06 bits per heavy atom. The quantitative estimate of drug-likeness (QED) is 0.780. The van der Waals surface area contributed by atoms with Crippen LogP contribution in [-0.4, -0.2) is 19.3 Å². The van der Waals surface area contributed by atoms with E-state index in [0.29, 0.717) is 5.56 Å². The summed E-state index contributed by atoms with van der Waals surface area (Å²) in [5.74, 6) is 0. The minimum absolute atomic E-state index is 0. The molecular weight excluding hydrogens is 336 g/mol. The Bertz CT molecular complexity index is 321. The fourth-order valence-electron chi connectivity index (χ4n) is 0.715. The van der Waals surface area contributed by atoms with E-state index in [-0.39, 0.29) is 24.8 Å². The zero-order valence-electron chi connectivity index (χ0n) is 9.21. The van der Waals surface area contributed by atoms with E-state index in [0.717, 1.165) is 10.0 Å². The van der Waals surface area contributed by atoms with Crippen LogP contribution in [0.3, 0.4) is 0 Å². The van der Waals surface area contributed by atoms with Crippen LogP contribution in [0, 0.1) is 6.92 Å². The van der Waals surface area contributed by atoms with Crippen LogP contribution in [0.25, 0.3) is 0 Å². The highest BCUT2D eigenvalue weighted by molar-refractivity contribution is 9.10. The average molecular weight is 351 g/mol. The maximum absolute atomic E-state index is 10.7. The van der Waals surface area contributed by atoms with Crippen molar-refractivity contribution in [1.29, 1.82) is 0 Å². The standard InChI is InChI=1S/C8H6BrClO.C2H7N.2ClH/c1-5-2-3-6(8(10)11)4-7(5)9;1-3-2;;/h2-4H,1H3;3H,1-2H3;2*1H. The molecule has 1 aromatic rings. The van der Waals surface area contributed by atoms with Gasteiger partial charge in [-0.1, -0.05) is 22.0 Å². The van der Waals surface area contributed by atoms with Crippen molar-refractivity contribution in [1.82, 2.24) is 5.32 Å². The van der Waals surface area contributed by atoms with Crippen LogP contribution in [0.4, 0.5) is 0 Å². The Morgan fingerprint density at radius 1 is 1.31 bits per heavy atom. The number of benzene rings is 1. The number of rotatable bonds is 1. The number of hydrogen-bond donors (Lipinski definition) is 1. The predicted molar refractivity (Wildman–Crippen MR) is 78.5 cm³/mol. The van der Waals surface area contributed by atoms with Crippen molar-refractivity contribution in [2.24, 2.45) is 0 Å². The highest BCUT2D eigenvalue weighted by Crippen LogP contribution is 2.18. The molecule has 1 rings (SSSR count). The summed E-state index contributed by atoms with van der Waals surface area (Å²) in [6.45, 7) is 1.95. The molecule has 0 spiro atoms. The molecule has 0 atom stereocenters. The third-order valence-corrected chi connectivity index (χ3v) is 2.47. The number of carbonyl (C=O) groups is 1. The zero-order chi connectivity index (χ0) is 11.1. The van der Waals surface area contributed by atoms with E-state index in [1.165, 1.54) is 0 Å². The summed E-state index contributed by atoms with van der Waals surface area (Å²) < 4.78 is 0.906. The molecular formula is C10H15BrCl3NO. The summed E-state index contributed by atoms with van der Waals surface area (Å²) in [6.07, 6.45) is 0. The Hall–Kier alpha value is 0.200. The first kappa shape index (κ1) is 21.5. The first-order chi connectivity index (χ1) is 6.52. The highest BCUT2D eigenvalue weighted by atomic mass is 79.9. The van der Waals surface area contributed by atoms with E-state index in [1.54, 1.807) is 12.1 Å². The van der Waals surface area contributed by atoms with E-state index in [9.17, 15) is 4.79 Å². The molecule has 0 fully saturated rings. The summed E-state index contributed by atoms with van der Waals surface area (Å²) >= 11 is 8.57. The van der Waals surface area contributed by atoms with Gasteiger partial charge in [-0.25, -0.2) is 0 Å². The summed E-state index contributed by atoms with van der Waals surface area (Å²) in [7, 11) is 3.75. The maximum Gasteiger partial charge on any atom is 0.252 e. The van der Waals surface area contributed by atoms with Crippen LogP contribution in [0.15, 0.2) is 22.7 Å². The largest absolute Gasteiger partial charge is 0.323 e. The van der Waals surface area contributed by atoms with Crippen LogP contribution in [-0.2, 0) is 0 Å². The van der Waals surface area contributed by atoms with Gasteiger partial charge in [0.25, 0.3) is 5.24 Å². The van der Waals surface area contributed by atoms with Gasteiger partial charge in [0.2, 0.25) is 0 Å². The Kier molecular flexibility index (Phi) is 15.7. The number of nitrogens with one attached hydrogen (secondary N) is 1. The van der Waals surface area contributed by atoms with Gasteiger partial charge in [-0.15, -0.1) is 24.8 Å². The molecule has 0 saturated carbocycles. The lowest BCUT2D eigenvalue weighted by molar-refractivity contribution is 0.108. The molecule has 0 bridgehead atoms. The van der Waals surface area contributed by atoms with Crippen molar-refractivity contribution in [3.8, 4) is 0 Å². The molecule has 0 aromatic heterocycles. The molecule has 0 aliphatic heterocycles. The van der Waals surface area contributed by atoms with E-state index < -0.39 is 5.24 Å². The SMILES string of the molecule is CNC.Cc1ccc(C(=O)Cl)cc1Br.Cl.Cl. The van der Waals surface area contributed by atoms with Gasteiger partial charge in [-0.05, 0) is 50.3 Å². The highest BCUT2D eigenvalue weighted by Gasteiger charge is 2.02. The Morgan fingerprint density at radius 2 is 1.75 bits per heavy atom. The molecule has 94 valence electrons. The lowest BCUT2D eigenvalue weighted by atomic mass is 10.2. The number of halogens is 4. The molecule has 1 aromatic carbocycles. The average Bonchev–Trinajstić information content (AvgIpc) is 2.10. The molecule has 2 nitrogen and oxygen atoms in total. The fraction of sp³-hybridized carbons (Fsp3) is 0.300. The van der Waals surface area contributed by atoms with Crippen LogP contribution in [0.5, 0.6) is 0 Å². The van der Waals surface area contributed by atoms with Gasteiger partial charge in [0.1, 0.15) is 0 Å². The topological polar surface area (TPSA) is 29.1 Å². The maximum atomic E-state index is 10.7. The molecule has 0 amide bonds. The summed E-state index contributed by atoms with van der Waals surface area (Å²) in [5.41, 5.74) is 1.61. The fourth-order valence-corrected chi connectivity index (χ4v) is 1.21. The van der Waals surface area contributed by atoms with Crippen molar-refractivity contribution in [3.63, 3.8) is 0 Å². The van der Waals surface area contributed by atoms with E-state index in [1.807, 2.05) is 27.1 Å². The third kappa shape index (κ3) is 8.36. The summed E-state index contributed by atoms with van der Waals surface area (Å²) in [5, 5.41) is 2.32. The Balaban J connectivity index is -0.000000306. The van der Waals surface area contributed by atoms with Crippen LogP contribution in [0.2, 0.25) is 0 Å². The predicted octanol–water partition coefficient (Wildman–Crippen LogP) is 3.82. The lowest BCUT2D eigenvalue weighted by Gasteiger charge is -1.98. The van der Waals surface area contributed by atoms with Crippen molar-refractivity contribution >= 4 is 57.6 Å². The number of aryl methyl sites for hydroxylation is 1. The van der Waals surface area contributed by atoms with Gasteiger partial charge in [0, 0.05) is 10.0 Å². The summed E-state index contributed by atoms with van der Waals surface area (Å²) in [6, 6.07) is 5.26. The second kappa shape index (κ2) is 11.7. The molecule has 0 radical (unpaired) electrons. The van der Waals surface area contributed by atoms with Crippen molar-refractivity contribution in [2.45, 2.75) is 6.92 Å². The molecule has 0 aliphatic rings.